The highest BCUT2D eigenvalue weighted by Gasteiger charge is 2.39. The van der Waals surface area contributed by atoms with Gasteiger partial charge in [0.25, 0.3) is 5.95 Å². The predicted octanol–water partition coefficient (Wildman–Crippen LogP) is 3.42. The molecular formula is C15H17F3N4. The lowest BCUT2D eigenvalue weighted by molar-refractivity contribution is -0.142. The largest absolute Gasteiger partial charge is 0.433 e. The summed E-state index contributed by atoms with van der Waals surface area (Å²) in [6.07, 6.45) is -2.71. The third kappa shape index (κ3) is 2.60. The first-order valence-electron chi connectivity index (χ1n) is 7.26. The highest BCUT2D eigenvalue weighted by molar-refractivity contribution is 5.34. The van der Waals surface area contributed by atoms with Crippen molar-refractivity contribution in [2.24, 2.45) is 5.92 Å². The Labute approximate surface area is 126 Å². The second kappa shape index (κ2) is 5.07. The molecule has 0 bridgehead atoms. The van der Waals surface area contributed by atoms with Gasteiger partial charge in [-0.15, -0.1) is 0 Å². The molecule has 0 unspecified atom stereocenters. The summed E-state index contributed by atoms with van der Waals surface area (Å²) < 4.78 is 41.5. The molecule has 0 saturated carbocycles. The summed E-state index contributed by atoms with van der Waals surface area (Å²) in [5.74, 6) is 0.225. The Hall–Kier alpha value is -1.92. The molecule has 2 heterocycles. The maximum atomic E-state index is 13.4. The number of aromatic nitrogens is 4. The molecular weight excluding hydrogens is 293 g/mol. The van der Waals surface area contributed by atoms with Crippen molar-refractivity contribution in [2.75, 3.05) is 0 Å². The van der Waals surface area contributed by atoms with Crippen LogP contribution in [0.4, 0.5) is 13.2 Å². The molecule has 1 aliphatic rings. The van der Waals surface area contributed by atoms with Crippen LogP contribution in [0.3, 0.4) is 0 Å². The van der Waals surface area contributed by atoms with E-state index in [1.807, 2.05) is 6.92 Å². The molecule has 0 aliphatic heterocycles. The van der Waals surface area contributed by atoms with Crippen LogP contribution in [0.1, 0.15) is 41.7 Å². The topological polar surface area (TPSA) is 43.6 Å². The molecule has 0 radical (unpaired) electrons. The van der Waals surface area contributed by atoms with Crippen molar-refractivity contribution in [1.29, 1.82) is 0 Å². The van der Waals surface area contributed by atoms with Crippen molar-refractivity contribution >= 4 is 0 Å². The van der Waals surface area contributed by atoms with Gasteiger partial charge in [-0.2, -0.15) is 18.3 Å². The van der Waals surface area contributed by atoms with Gasteiger partial charge in [-0.3, -0.25) is 0 Å². The van der Waals surface area contributed by atoms with E-state index in [0.717, 1.165) is 17.8 Å². The average molecular weight is 310 g/mol. The molecule has 1 aliphatic carbocycles. The van der Waals surface area contributed by atoms with Crippen LogP contribution in [0.15, 0.2) is 6.07 Å². The maximum Gasteiger partial charge on any atom is 0.433 e. The van der Waals surface area contributed by atoms with Gasteiger partial charge in [0.15, 0.2) is 5.69 Å². The Bertz CT molecular complexity index is 718. The Morgan fingerprint density at radius 2 is 1.95 bits per heavy atom. The minimum atomic E-state index is -4.48. The fourth-order valence-electron chi connectivity index (χ4n) is 2.93. The number of halogens is 3. The van der Waals surface area contributed by atoms with E-state index in [2.05, 4.69) is 15.1 Å². The van der Waals surface area contributed by atoms with Gasteiger partial charge < -0.3 is 0 Å². The molecule has 0 N–H and O–H groups in total. The van der Waals surface area contributed by atoms with Crippen molar-refractivity contribution < 1.29 is 13.2 Å². The van der Waals surface area contributed by atoms with E-state index < -0.39 is 11.9 Å². The van der Waals surface area contributed by atoms with Crippen molar-refractivity contribution in [1.82, 2.24) is 19.7 Å². The fourth-order valence-corrected chi connectivity index (χ4v) is 2.93. The van der Waals surface area contributed by atoms with Crippen LogP contribution in [-0.4, -0.2) is 19.7 Å². The lowest BCUT2D eigenvalue weighted by Crippen LogP contribution is -2.23. The molecule has 0 saturated heterocycles. The highest BCUT2D eigenvalue weighted by Crippen LogP contribution is 2.36. The molecule has 0 amide bonds. The number of hydrogen-bond donors (Lipinski definition) is 0. The van der Waals surface area contributed by atoms with E-state index in [1.165, 1.54) is 4.68 Å². The number of rotatable bonds is 1. The normalized spacial score (nSPS) is 18.4. The summed E-state index contributed by atoms with van der Waals surface area (Å²) in [6, 6.07) is 1.79. The van der Waals surface area contributed by atoms with Crippen LogP contribution < -0.4 is 0 Å². The van der Waals surface area contributed by atoms with Crippen LogP contribution in [0, 0.1) is 19.8 Å². The van der Waals surface area contributed by atoms with E-state index in [9.17, 15) is 13.2 Å². The molecule has 7 heteroatoms. The van der Waals surface area contributed by atoms with E-state index >= 15 is 0 Å². The van der Waals surface area contributed by atoms with Crippen LogP contribution in [-0.2, 0) is 19.0 Å². The van der Waals surface area contributed by atoms with Gasteiger partial charge in [0.05, 0.1) is 5.69 Å². The minimum absolute atomic E-state index is 0.00577. The van der Waals surface area contributed by atoms with Gasteiger partial charge in [0, 0.05) is 17.0 Å². The zero-order chi connectivity index (χ0) is 16.1. The Balaban J connectivity index is 2.20. The number of nitrogens with zero attached hydrogens (tertiary/aromatic N) is 4. The van der Waals surface area contributed by atoms with E-state index in [0.29, 0.717) is 18.5 Å². The van der Waals surface area contributed by atoms with E-state index in [-0.39, 0.29) is 17.4 Å². The number of fused-ring (bicyclic) bond motifs is 1. The number of aryl methyl sites for hydroxylation is 3. The molecule has 0 aromatic carbocycles. The summed E-state index contributed by atoms with van der Waals surface area (Å²) >= 11 is 0. The lowest BCUT2D eigenvalue weighted by atomic mass is 9.87. The first-order valence-corrected chi connectivity index (χ1v) is 7.26. The Kier molecular flexibility index (Phi) is 3.45. The third-order valence-corrected chi connectivity index (χ3v) is 3.98. The molecule has 1 atom stereocenters. The van der Waals surface area contributed by atoms with Crippen molar-refractivity contribution in [3.8, 4) is 5.95 Å². The van der Waals surface area contributed by atoms with Gasteiger partial charge in [-0.05, 0) is 45.1 Å². The van der Waals surface area contributed by atoms with Crippen molar-refractivity contribution in [2.45, 2.75) is 46.2 Å². The standard InChI is InChI=1S/C15H17F3N4/c1-8-4-5-12-11(6-8)13(15(16,17)18)20-14(19-12)22-10(3)7-9(2)21-22/h7-8H,4-6H2,1-3H3/t8-/m1/s1. The summed E-state index contributed by atoms with van der Waals surface area (Å²) in [7, 11) is 0. The molecule has 2 aromatic rings. The summed E-state index contributed by atoms with van der Waals surface area (Å²) in [4.78, 5) is 8.16. The first kappa shape index (κ1) is 15.0. The molecule has 4 nitrogen and oxygen atoms in total. The van der Waals surface area contributed by atoms with Crippen molar-refractivity contribution in [3.63, 3.8) is 0 Å². The van der Waals surface area contributed by atoms with Crippen LogP contribution in [0.2, 0.25) is 0 Å². The number of alkyl halides is 3. The molecule has 3 rings (SSSR count). The quantitative estimate of drug-likeness (QED) is 0.810. The SMILES string of the molecule is Cc1cc(C)n(-c2nc3c(c(C(F)(F)F)n2)C[C@H](C)CC3)n1. The first-order chi connectivity index (χ1) is 10.3. The maximum absolute atomic E-state index is 13.4. The smallest absolute Gasteiger partial charge is 0.216 e. The second-order valence-corrected chi connectivity index (χ2v) is 5.98. The van der Waals surface area contributed by atoms with Gasteiger partial charge in [-0.25, -0.2) is 14.6 Å². The highest BCUT2D eigenvalue weighted by atomic mass is 19.4. The average Bonchev–Trinajstić information content (AvgIpc) is 2.75. The van der Waals surface area contributed by atoms with Gasteiger partial charge >= 0.3 is 6.18 Å². The van der Waals surface area contributed by atoms with E-state index in [4.69, 9.17) is 0 Å². The Morgan fingerprint density at radius 1 is 1.23 bits per heavy atom. The summed E-state index contributed by atoms with van der Waals surface area (Å²) in [6.45, 7) is 5.52. The van der Waals surface area contributed by atoms with Gasteiger partial charge in [0.2, 0.25) is 0 Å². The van der Waals surface area contributed by atoms with Crippen LogP contribution >= 0.6 is 0 Å². The third-order valence-electron chi connectivity index (χ3n) is 3.98. The lowest BCUT2D eigenvalue weighted by Gasteiger charge is -2.24. The molecule has 0 fully saturated rings. The Morgan fingerprint density at radius 3 is 2.55 bits per heavy atom. The van der Waals surface area contributed by atoms with Crippen LogP contribution in [0.5, 0.6) is 0 Å². The summed E-state index contributed by atoms with van der Waals surface area (Å²) in [5, 5.41) is 4.19. The van der Waals surface area contributed by atoms with E-state index in [1.54, 1.807) is 19.9 Å². The molecule has 0 spiro atoms. The minimum Gasteiger partial charge on any atom is -0.216 e. The fraction of sp³-hybridized carbons (Fsp3) is 0.533. The monoisotopic (exact) mass is 310 g/mol. The molecule has 118 valence electrons. The number of hydrogen-bond acceptors (Lipinski definition) is 3. The summed E-state index contributed by atoms with van der Waals surface area (Å²) in [5.41, 5.74) is 1.38. The van der Waals surface area contributed by atoms with Crippen molar-refractivity contribution in [3.05, 3.63) is 34.4 Å². The predicted molar refractivity (Wildman–Crippen MR) is 74.8 cm³/mol. The zero-order valence-electron chi connectivity index (χ0n) is 12.7. The van der Waals surface area contributed by atoms with Crippen LogP contribution in [0.25, 0.3) is 5.95 Å². The second-order valence-electron chi connectivity index (χ2n) is 5.98. The van der Waals surface area contributed by atoms with Gasteiger partial charge in [-0.1, -0.05) is 6.92 Å². The molecule has 2 aromatic heterocycles. The van der Waals surface area contributed by atoms with Gasteiger partial charge in [0.1, 0.15) is 0 Å². The zero-order valence-corrected chi connectivity index (χ0v) is 12.7. The molecule has 22 heavy (non-hydrogen) atoms.